The zero-order chi connectivity index (χ0) is 16.9. The van der Waals surface area contributed by atoms with Crippen molar-refractivity contribution in [2.75, 3.05) is 28.6 Å². The largest absolute Gasteiger partial charge is 0.370 e. The third-order valence-corrected chi connectivity index (χ3v) is 4.97. The number of para-hydroxylation sites is 2. The van der Waals surface area contributed by atoms with E-state index in [0.717, 1.165) is 24.5 Å². The second-order valence-electron chi connectivity index (χ2n) is 5.77. The minimum absolute atomic E-state index is 0.498. The third-order valence-electron chi connectivity index (χ3n) is 4.03. The second kappa shape index (κ2) is 8.06. The molecule has 1 heterocycles. The zero-order valence-electron chi connectivity index (χ0n) is 13.2. The molecule has 1 fully saturated rings. The van der Waals surface area contributed by atoms with Gasteiger partial charge in [-0.25, -0.2) is 0 Å². The van der Waals surface area contributed by atoms with Crippen LogP contribution in [-0.2, 0) is 0 Å². The maximum atomic E-state index is 6.04. The summed E-state index contributed by atoms with van der Waals surface area (Å²) in [7, 11) is 0. The number of rotatable bonds is 3. The van der Waals surface area contributed by atoms with Gasteiger partial charge in [-0.3, -0.25) is 0 Å². The number of hydrogen-bond donors (Lipinski definition) is 2. The molecular formula is C18H19Cl2N3S. The van der Waals surface area contributed by atoms with Crippen molar-refractivity contribution in [2.24, 2.45) is 0 Å². The lowest BCUT2D eigenvalue weighted by molar-refractivity contribution is 0.578. The first-order chi connectivity index (χ1) is 11.6. The molecule has 0 atom stereocenters. The van der Waals surface area contributed by atoms with Crippen molar-refractivity contribution in [1.82, 2.24) is 0 Å². The van der Waals surface area contributed by atoms with Crippen LogP contribution >= 0.6 is 35.4 Å². The molecule has 24 heavy (non-hydrogen) atoms. The number of halogens is 2. The summed E-state index contributed by atoms with van der Waals surface area (Å²) in [6.07, 6.45) is 3.78. The fourth-order valence-corrected chi connectivity index (χ4v) is 3.37. The lowest BCUT2D eigenvalue weighted by Gasteiger charge is -2.30. The maximum absolute atomic E-state index is 6.04. The molecule has 126 valence electrons. The van der Waals surface area contributed by atoms with Crippen molar-refractivity contribution in [3.05, 3.63) is 52.5 Å². The van der Waals surface area contributed by atoms with E-state index in [-0.39, 0.29) is 0 Å². The summed E-state index contributed by atoms with van der Waals surface area (Å²) in [6, 6.07) is 13.6. The quantitative estimate of drug-likeness (QED) is 0.659. The molecule has 6 heteroatoms. The Hall–Kier alpha value is -1.49. The van der Waals surface area contributed by atoms with Crippen LogP contribution in [0.25, 0.3) is 0 Å². The van der Waals surface area contributed by atoms with E-state index >= 15 is 0 Å². The van der Waals surface area contributed by atoms with E-state index in [0.29, 0.717) is 15.2 Å². The van der Waals surface area contributed by atoms with Gasteiger partial charge >= 0.3 is 0 Å². The van der Waals surface area contributed by atoms with Gasteiger partial charge in [0.1, 0.15) is 0 Å². The molecule has 1 saturated heterocycles. The smallest absolute Gasteiger partial charge is 0.175 e. The molecule has 0 amide bonds. The third kappa shape index (κ3) is 4.32. The molecule has 0 saturated carbocycles. The van der Waals surface area contributed by atoms with Crippen LogP contribution in [0.3, 0.4) is 0 Å². The van der Waals surface area contributed by atoms with E-state index in [4.69, 9.17) is 35.4 Å². The monoisotopic (exact) mass is 379 g/mol. The summed E-state index contributed by atoms with van der Waals surface area (Å²) in [4.78, 5) is 2.41. The van der Waals surface area contributed by atoms with E-state index in [9.17, 15) is 0 Å². The lowest BCUT2D eigenvalue weighted by atomic mass is 10.1. The van der Waals surface area contributed by atoms with Crippen LogP contribution in [0.4, 0.5) is 17.1 Å². The summed E-state index contributed by atoms with van der Waals surface area (Å²) < 4.78 is 0. The predicted octanol–water partition coefficient (Wildman–Crippen LogP) is 5.79. The molecule has 2 aromatic rings. The topological polar surface area (TPSA) is 27.3 Å². The Kier molecular flexibility index (Phi) is 5.82. The van der Waals surface area contributed by atoms with Crippen LogP contribution in [0.2, 0.25) is 10.0 Å². The summed E-state index contributed by atoms with van der Waals surface area (Å²) in [5.74, 6) is 0. The van der Waals surface area contributed by atoms with Crippen molar-refractivity contribution in [1.29, 1.82) is 0 Å². The Morgan fingerprint density at radius 1 is 0.917 bits per heavy atom. The molecule has 0 bridgehead atoms. The fraction of sp³-hybridized carbons (Fsp3) is 0.278. The molecular weight excluding hydrogens is 361 g/mol. The molecule has 0 aromatic heterocycles. The first kappa shape index (κ1) is 17.3. The van der Waals surface area contributed by atoms with Gasteiger partial charge in [-0.2, -0.15) is 0 Å². The Morgan fingerprint density at radius 3 is 2.42 bits per heavy atom. The second-order valence-corrected chi connectivity index (χ2v) is 7.00. The Bertz CT molecular complexity index is 730. The van der Waals surface area contributed by atoms with E-state index < -0.39 is 0 Å². The Labute approximate surface area is 157 Å². The summed E-state index contributed by atoms with van der Waals surface area (Å²) >= 11 is 17.4. The minimum Gasteiger partial charge on any atom is -0.370 e. The fourth-order valence-electron chi connectivity index (χ4n) is 2.85. The highest BCUT2D eigenvalue weighted by molar-refractivity contribution is 7.80. The number of anilines is 3. The van der Waals surface area contributed by atoms with E-state index in [1.807, 2.05) is 18.2 Å². The van der Waals surface area contributed by atoms with Gasteiger partial charge in [-0.1, -0.05) is 35.3 Å². The number of nitrogens with zero attached hydrogens (tertiary/aromatic N) is 1. The molecule has 3 rings (SSSR count). The van der Waals surface area contributed by atoms with Gasteiger partial charge in [0.25, 0.3) is 0 Å². The van der Waals surface area contributed by atoms with Gasteiger partial charge in [0.15, 0.2) is 5.11 Å². The molecule has 3 nitrogen and oxygen atoms in total. The van der Waals surface area contributed by atoms with Crippen molar-refractivity contribution >= 4 is 57.6 Å². The van der Waals surface area contributed by atoms with Crippen molar-refractivity contribution in [2.45, 2.75) is 19.3 Å². The molecule has 1 aliphatic heterocycles. The highest BCUT2D eigenvalue weighted by Crippen LogP contribution is 2.29. The van der Waals surface area contributed by atoms with Gasteiger partial charge < -0.3 is 15.5 Å². The van der Waals surface area contributed by atoms with E-state index in [1.165, 1.54) is 24.9 Å². The average molecular weight is 380 g/mol. The summed E-state index contributed by atoms with van der Waals surface area (Å²) in [5.41, 5.74) is 3.00. The van der Waals surface area contributed by atoms with Gasteiger partial charge in [0.2, 0.25) is 0 Å². The van der Waals surface area contributed by atoms with Gasteiger partial charge in [-0.15, -0.1) is 0 Å². The molecule has 0 radical (unpaired) electrons. The zero-order valence-corrected chi connectivity index (χ0v) is 15.5. The van der Waals surface area contributed by atoms with Gasteiger partial charge in [0, 0.05) is 18.8 Å². The van der Waals surface area contributed by atoms with Crippen LogP contribution in [0, 0.1) is 0 Å². The number of nitrogens with one attached hydrogen (secondary N) is 2. The molecule has 2 N–H and O–H groups in total. The molecule has 0 spiro atoms. The highest BCUT2D eigenvalue weighted by atomic mass is 35.5. The Morgan fingerprint density at radius 2 is 1.67 bits per heavy atom. The van der Waals surface area contributed by atoms with Crippen LogP contribution in [0.1, 0.15) is 19.3 Å². The van der Waals surface area contributed by atoms with Gasteiger partial charge in [0.05, 0.1) is 21.4 Å². The standard InChI is InChI=1S/C18H19Cl2N3S/c19-14-9-8-13(12-15(14)20)21-18(24)22-16-6-2-3-7-17(16)23-10-4-1-5-11-23/h2-3,6-9,12H,1,4-5,10-11H2,(H2,21,22,24). The average Bonchev–Trinajstić information content (AvgIpc) is 2.59. The number of thiocarbonyl (C=S) groups is 1. The van der Waals surface area contributed by atoms with Crippen molar-refractivity contribution in [3.63, 3.8) is 0 Å². The van der Waals surface area contributed by atoms with Gasteiger partial charge in [-0.05, 0) is 61.8 Å². The van der Waals surface area contributed by atoms with Crippen LogP contribution in [-0.4, -0.2) is 18.2 Å². The van der Waals surface area contributed by atoms with Crippen molar-refractivity contribution < 1.29 is 0 Å². The number of piperidine rings is 1. The van der Waals surface area contributed by atoms with Crippen molar-refractivity contribution in [3.8, 4) is 0 Å². The highest BCUT2D eigenvalue weighted by Gasteiger charge is 2.14. The maximum Gasteiger partial charge on any atom is 0.175 e. The van der Waals surface area contributed by atoms with Crippen LogP contribution in [0.15, 0.2) is 42.5 Å². The SMILES string of the molecule is S=C(Nc1ccc(Cl)c(Cl)c1)Nc1ccccc1N1CCCCC1. The summed E-state index contributed by atoms with van der Waals surface area (Å²) in [6.45, 7) is 2.18. The molecule has 0 unspecified atom stereocenters. The molecule has 1 aliphatic rings. The normalized spacial score (nSPS) is 14.3. The molecule has 2 aromatic carbocycles. The lowest BCUT2D eigenvalue weighted by Crippen LogP contribution is -2.30. The number of benzene rings is 2. The summed E-state index contributed by atoms with van der Waals surface area (Å²) in [5, 5.41) is 7.99. The minimum atomic E-state index is 0.498. The first-order valence-corrected chi connectivity index (χ1v) is 9.17. The molecule has 0 aliphatic carbocycles. The predicted molar refractivity (Wildman–Crippen MR) is 109 cm³/mol. The van der Waals surface area contributed by atoms with E-state index in [1.54, 1.807) is 12.1 Å². The van der Waals surface area contributed by atoms with Crippen LogP contribution in [0.5, 0.6) is 0 Å². The first-order valence-electron chi connectivity index (χ1n) is 8.00. The number of hydrogen-bond acceptors (Lipinski definition) is 2. The van der Waals surface area contributed by atoms with Crippen LogP contribution < -0.4 is 15.5 Å². The van der Waals surface area contributed by atoms with E-state index in [2.05, 4.69) is 27.7 Å². The Balaban J connectivity index is 1.71.